The fourth-order valence-corrected chi connectivity index (χ4v) is 5.03. The summed E-state index contributed by atoms with van der Waals surface area (Å²) in [7, 11) is 2.90. The van der Waals surface area contributed by atoms with E-state index in [0.29, 0.717) is 12.0 Å². The van der Waals surface area contributed by atoms with Crippen molar-refractivity contribution >= 4 is 23.6 Å². The maximum Gasteiger partial charge on any atom is 0.405 e. The average molecular weight is 604 g/mol. The Bertz CT molecular complexity index is 1220. The molecule has 0 spiro atoms. The van der Waals surface area contributed by atoms with Crippen LogP contribution in [0.2, 0.25) is 0 Å². The number of ether oxygens (including phenoxy) is 3. The number of nitrogens with two attached hydrogens (primary N) is 1. The van der Waals surface area contributed by atoms with Gasteiger partial charge in [0, 0.05) is 43.4 Å². The molecule has 0 aromatic carbocycles. The lowest BCUT2D eigenvalue weighted by Crippen LogP contribution is -2.39. The first kappa shape index (κ1) is 35.6. The van der Waals surface area contributed by atoms with Crippen molar-refractivity contribution in [3.63, 3.8) is 0 Å². The number of carbonyl (C=O) groups excluding carboxylic acids is 4. The molecule has 2 bridgehead atoms. The highest BCUT2D eigenvalue weighted by Gasteiger charge is 2.33. The molecule has 43 heavy (non-hydrogen) atoms. The number of aliphatic hydroxyl groups is 2. The number of methoxy groups -OCH3 is 2. The number of allylic oxidation sites excluding steroid dienone is 4. The number of ketones is 2. The van der Waals surface area contributed by atoms with Gasteiger partial charge in [-0.25, -0.2) is 4.79 Å². The minimum atomic E-state index is -1.01. The number of nitrogens with one attached hydrogen (secondary N) is 2. The van der Waals surface area contributed by atoms with Gasteiger partial charge in [-0.2, -0.15) is 0 Å². The Kier molecular flexibility index (Phi) is 13.5. The van der Waals surface area contributed by atoms with E-state index in [2.05, 4.69) is 10.6 Å². The first-order valence-electron chi connectivity index (χ1n) is 14.2. The Balaban J connectivity index is 2.64. The number of hydrogen-bond donors (Lipinski definition) is 5. The third kappa shape index (κ3) is 9.72. The Morgan fingerprint density at radius 2 is 1.86 bits per heavy atom. The lowest BCUT2D eigenvalue weighted by Gasteiger charge is -2.30. The van der Waals surface area contributed by atoms with Gasteiger partial charge in [0.2, 0.25) is 11.6 Å². The Hall–Kier alpha value is -3.58. The largest absolute Gasteiger partial charge is 0.439 e. The summed E-state index contributed by atoms with van der Waals surface area (Å²) in [5.41, 5.74) is 6.19. The van der Waals surface area contributed by atoms with E-state index >= 15 is 0 Å². The van der Waals surface area contributed by atoms with Crippen molar-refractivity contribution < 1.29 is 43.6 Å². The quantitative estimate of drug-likeness (QED) is 0.221. The number of amides is 2. The zero-order valence-corrected chi connectivity index (χ0v) is 25.9. The Morgan fingerprint density at radius 1 is 1.19 bits per heavy atom. The fourth-order valence-electron chi connectivity index (χ4n) is 5.03. The van der Waals surface area contributed by atoms with E-state index < -0.39 is 59.9 Å². The second kappa shape index (κ2) is 16.3. The highest BCUT2D eigenvalue weighted by atomic mass is 16.6. The normalized spacial score (nSPS) is 32.0. The molecule has 238 valence electrons. The topological polar surface area (TPSA) is 187 Å². The number of fused-ring (bicyclic) bond motifs is 2. The van der Waals surface area contributed by atoms with E-state index in [-0.39, 0.29) is 41.5 Å². The van der Waals surface area contributed by atoms with Crippen LogP contribution in [-0.4, -0.2) is 85.1 Å². The molecule has 2 aliphatic rings. The van der Waals surface area contributed by atoms with Crippen molar-refractivity contribution in [3.8, 4) is 0 Å². The molecule has 0 saturated heterocycles. The highest BCUT2D eigenvalue weighted by molar-refractivity contribution is 6.23. The summed E-state index contributed by atoms with van der Waals surface area (Å²) in [6, 6.07) is -0.504. The lowest BCUT2D eigenvalue weighted by atomic mass is 9.85. The molecule has 2 rings (SSSR count). The molecule has 0 aromatic rings. The summed E-state index contributed by atoms with van der Waals surface area (Å²) in [5.74, 6) is -2.35. The zero-order chi connectivity index (χ0) is 32.4. The van der Waals surface area contributed by atoms with Gasteiger partial charge in [0.15, 0.2) is 6.10 Å². The van der Waals surface area contributed by atoms with Crippen molar-refractivity contribution in [2.45, 2.75) is 77.9 Å². The maximum absolute atomic E-state index is 13.6. The molecule has 0 fully saturated rings. The predicted molar refractivity (Wildman–Crippen MR) is 159 cm³/mol. The van der Waals surface area contributed by atoms with Crippen molar-refractivity contribution in [2.24, 2.45) is 17.6 Å². The van der Waals surface area contributed by atoms with Gasteiger partial charge in [-0.05, 0) is 45.1 Å². The van der Waals surface area contributed by atoms with Crippen LogP contribution in [0.1, 0.15) is 47.5 Å². The number of hydrogen-bond acceptors (Lipinski definition) is 10. The van der Waals surface area contributed by atoms with Gasteiger partial charge in [0.1, 0.15) is 6.10 Å². The summed E-state index contributed by atoms with van der Waals surface area (Å²) in [6.07, 6.45) is 3.49. The molecule has 0 radical (unpaired) electrons. The van der Waals surface area contributed by atoms with E-state index in [1.807, 2.05) is 6.92 Å². The number of aliphatic hydroxyl groups excluding tert-OH is 2. The number of rotatable bonds is 6. The van der Waals surface area contributed by atoms with Gasteiger partial charge in [0.25, 0.3) is 5.91 Å². The lowest BCUT2D eigenvalue weighted by molar-refractivity contribution is -0.120. The van der Waals surface area contributed by atoms with Gasteiger partial charge >= 0.3 is 6.09 Å². The zero-order valence-electron chi connectivity index (χ0n) is 25.9. The SMILES string of the molecule is CO[C@H]1/C=C\C=C(\C)C(=O)NC2=CC(=O)C(N[C@@H](C)CO)=C(C[C@@H](C)C[C@H](OC)[C@H](O)[C@@H](C)/C=C(/C)[C@@H]1OC(N)=O)C2=O. The average Bonchev–Trinajstić information content (AvgIpc) is 2.95. The van der Waals surface area contributed by atoms with E-state index in [4.69, 9.17) is 19.9 Å². The van der Waals surface area contributed by atoms with Crippen LogP contribution < -0.4 is 16.4 Å². The van der Waals surface area contributed by atoms with Crippen molar-refractivity contribution in [2.75, 3.05) is 20.8 Å². The minimum Gasteiger partial charge on any atom is -0.439 e. The molecule has 1 heterocycles. The van der Waals surface area contributed by atoms with E-state index in [1.54, 1.807) is 32.9 Å². The van der Waals surface area contributed by atoms with Crippen LogP contribution >= 0.6 is 0 Å². The van der Waals surface area contributed by atoms with Crippen molar-refractivity contribution in [1.29, 1.82) is 0 Å². The predicted octanol–water partition coefficient (Wildman–Crippen LogP) is 1.73. The van der Waals surface area contributed by atoms with Crippen LogP contribution in [0.4, 0.5) is 4.79 Å². The monoisotopic (exact) mass is 603 g/mol. The minimum absolute atomic E-state index is 0.0602. The van der Waals surface area contributed by atoms with Crippen LogP contribution in [-0.2, 0) is 28.6 Å². The van der Waals surface area contributed by atoms with Gasteiger partial charge in [-0.15, -0.1) is 0 Å². The van der Waals surface area contributed by atoms with Gasteiger partial charge < -0.3 is 40.8 Å². The van der Waals surface area contributed by atoms with Gasteiger partial charge in [-0.3, -0.25) is 14.4 Å². The molecule has 6 N–H and O–H groups in total. The molecule has 2 amide bonds. The molecular weight excluding hydrogens is 558 g/mol. The molecule has 7 atom stereocenters. The number of Topliss-reactive ketones (excluding diaryl/α,β-unsaturated/α-hetero) is 1. The van der Waals surface area contributed by atoms with Crippen molar-refractivity contribution in [1.82, 2.24) is 10.6 Å². The summed E-state index contributed by atoms with van der Waals surface area (Å²) in [4.78, 5) is 51.5. The van der Waals surface area contributed by atoms with Crippen LogP contribution in [0.15, 0.2) is 58.5 Å². The summed E-state index contributed by atoms with van der Waals surface area (Å²) in [5, 5.41) is 26.3. The first-order valence-corrected chi connectivity index (χ1v) is 14.2. The smallest absolute Gasteiger partial charge is 0.405 e. The highest BCUT2D eigenvalue weighted by Crippen LogP contribution is 2.29. The third-order valence-electron chi connectivity index (χ3n) is 7.46. The fraction of sp³-hybridized carbons (Fsp3) is 0.548. The molecule has 12 heteroatoms. The van der Waals surface area contributed by atoms with Crippen LogP contribution in [0, 0.1) is 11.8 Å². The molecule has 0 aromatic heterocycles. The standard InChI is InChI=1S/C31H45N3O9/c1-16-11-21-26(33-20(5)15-35)23(36)14-22(28(21)38)34-30(39)17(2)9-8-10-24(41-6)29(43-31(32)40)19(4)13-18(3)27(37)25(12-16)42-7/h8-10,13-14,16,18,20,24-25,27,29,33,35,37H,11-12,15H2,1-7H3,(H2,32,40)(H,34,39)/b10-8-,17-9-,19-13-/t16-,18+,20+,24+,25+,27-,29+/m1/s1. The number of primary amides is 1. The second-order valence-corrected chi connectivity index (χ2v) is 11.2. The van der Waals surface area contributed by atoms with Crippen LogP contribution in [0.3, 0.4) is 0 Å². The van der Waals surface area contributed by atoms with Crippen molar-refractivity contribution in [3.05, 3.63) is 58.5 Å². The first-order chi connectivity index (χ1) is 20.2. The summed E-state index contributed by atoms with van der Waals surface area (Å²) >= 11 is 0. The van der Waals surface area contributed by atoms with Gasteiger partial charge in [-0.1, -0.05) is 38.2 Å². The van der Waals surface area contributed by atoms with E-state index in [1.165, 1.54) is 33.3 Å². The van der Waals surface area contributed by atoms with Crippen LogP contribution in [0.5, 0.6) is 0 Å². The molecular formula is C31H45N3O9. The summed E-state index contributed by atoms with van der Waals surface area (Å²) < 4.78 is 16.5. The van der Waals surface area contributed by atoms with Gasteiger partial charge in [0.05, 0.1) is 30.2 Å². The van der Waals surface area contributed by atoms with E-state index in [0.717, 1.165) is 6.08 Å². The molecule has 0 unspecified atom stereocenters. The molecule has 1 aliphatic heterocycles. The number of carbonyl (C=O) groups is 4. The third-order valence-corrected chi connectivity index (χ3v) is 7.46. The molecule has 12 nitrogen and oxygen atoms in total. The van der Waals surface area contributed by atoms with E-state index in [9.17, 15) is 29.4 Å². The summed E-state index contributed by atoms with van der Waals surface area (Å²) in [6.45, 7) is 8.31. The van der Waals surface area contributed by atoms with Crippen LogP contribution in [0.25, 0.3) is 0 Å². The maximum atomic E-state index is 13.6. The Labute approximate surface area is 252 Å². The molecule has 1 aliphatic carbocycles. The Morgan fingerprint density at radius 3 is 2.44 bits per heavy atom. The molecule has 0 saturated carbocycles. The second-order valence-electron chi connectivity index (χ2n) is 11.2.